The molecular formula is C21H25N3O4S. The molecule has 0 fully saturated rings. The lowest BCUT2D eigenvalue weighted by molar-refractivity contribution is 0.0752. The molecule has 7 nitrogen and oxygen atoms in total. The van der Waals surface area contributed by atoms with Crippen LogP contribution < -0.4 is 9.46 Å². The number of carbonyl (C=O) groups is 1. The van der Waals surface area contributed by atoms with E-state index in [-0.39, 0.29) is 28.8 Å². The number of sulfonamides is 1. The number of rotatable bonds is 9. The van der Waals surface area contributed by atoms with E-state index in [4.69, 9.17) is 10.00 Å². The van der Waals surface area contributed by atoms with Gasteiger partial charge in [0, 0.05) is 24.3 Å². The Morgan fingerprint density at radius 1 is 1.21 bits per heavy atom. The van der Waals surface area contributed by atoms with Gasteiger partial charge >= 0.3 is 0 Å². The van der Waals surface area contributed by atoms with Gasteiger partial charge in [0.1, 0.15) is 5.75 Å². The van der Waals surface area contributed by atoms with Gasteiger partial charge in [-0.15, -0.1) is 0 Å². The number of hydrogen-bond donors (Lipinski definition) is 1. The first-order chi connectivity index (χ1) is 13.8. The summed E-state index contributed by atoms with van der Waals surface area (Å²) in [5.74, 6) is 0.0224. The van der Waals surface area contributed by atoms with Crippen LogP contribution in [0.15, 0.2) is 53.4 Å². The Kier molecular flexibility index (Phi) is 7.62. The highest BCUT2D eigenvalue weighted by molar-refractivity contribution is 7.92. The number of anilines is 1. The Balaban J connectivity index is 2.22. The molecule has 2 aromatic carbocycles. The zero-order valence-electron chi connectivity index (χ0n) is 16.8. The second kappa shape index (κ2) is 9.94. The lowest BCUT2D eigenvalue weighted by Crippen LogP contribution is -2.34. The summed E-state index contributed by atoms with van der Waals surface area (Å²) in [6.45, 7) is 6.65. The minimum atomic E-state index is -3.87. The number of nitriles is 1. The van der Waals surface area contributed by atoms with Crippen molar-refractivity contribution in [1.82, 2.24) is 4.90 Å². The molecule has 29 heavy (non-hydrogen) atoms. The van der Waals surface area contributed by atoms with Crippen molar-refractivity contribution >= 4 is 21.6 Å². The topological polar surface area (TPSA) is 99.5 Å². The summed E-state index contributed by atoms with van der Waals surface area (Å²) in [6, 6.07) is 14.6. The fourth-order valence-electron chi connectivity index (χ4n) is 2.71. The van der Waals surface area contributed by atoms with Gasteiger partial charge in [-0.2, -0.15) is 5.26 Å². The van der Waals surface area contributed by atoms with Crippen LogP contribution in [0.25, 0.3) is 0 Å². The van der Waals surface area contributed by atoms with Crippen molar-refractivity contribution in [2.75, 3.05) is 24.4 Å². The van der Waals surface area contributed by atoms with Crippen LogP contribution in [0.3, 0.4) is 0 Å². The van der Waals surface area contributed by atoms with Crippen molar-refractivity contribution in [3.63, 3.8) is 0 Å². The van der Waals surface area contributed by atoms with Crippen molar-refractivity contribution in [3.8, 4) is 11.8 Å². The molecule has 0 radical (unpaired) electrons. The Labute approximate surface area is 172 Å². The molecule has 1 atom stereocenters. The number of hydrogen-bond acceptors (Lipinski definition) is 5. The molecule has 0 aromatic heterocycles. The molecule has 1 unspecified atom stereocenters. The van der Waals surface area contributed by atoms with E-state index in [2.05, 4.69) is 10.8 Å². The second-order valence-electron chi connectivity index (χ2n) is 6.46. The van der Waals surface area contributed by atoms with Gasteiger partial charge in [-0.1, -0.05) is 6.07 Å². The predicted octanol–water partition coefficient (Wildman–Crippen LogP) is 3.51. The summed E-state index contributed by atoms with van der Waals surface area (Å²) in [7, 11) is -3.87. The van der Waals surface area contributed by atoms with E-state index in [0.29, 0.717) is 24.6 Å². The van der Waals surface area contributed by atoms with Crippen molar-refractivity contribution in [2.24, 2.45) is 5.92 Å². The number of ether oxygens (including phenoxy) is 1. The molecule has 1 N–H and O–H groups in total. The Morgan fingerprint density at radius 2 is 1.90 bits per heavy atom. The number of nitrogens with zero attached hydrogens (tertiary/aromatic N) is 2. The van der Waals surface area contributed by atoms with Crippen LogP contribution in [0, 0.1) is 17.2 Å². The van der Waals surface area contributed by atoms with Gasteiger partial charge in [0.15, 0.2) is 0 Å². The van der Waals surface area contributed by atoms with Crippen LogP contribution in [0.2, 0.25) is 0 Å². The Hall–Kier alpha value is -3.05. The molecule has 1 amide bonds. The van der Waals surface area contributed by atoms with Crippen LogP contribution in [0.4, 0.5) is 5.69 Å². The summed E-state index contributed by atoms with van der Waals surface area (Å²) < 4.78 is 33.3. The van der Waals surface area contributed by atoms with Crippen LogP contribution in [0.5, 0.6) is 5.75 Å². The van der Waals surface area contributed by atoms with Gasteiger partial charge in [-0.05, 0) is 63.2 Å². The molecular weight excluding hydrogens is 390 g/mol. The highest BCUT2D eigenvalue weighted by Gasteiger charge is 2.20. The van der Waals surface area contributed by atoms with E-state index in [9.17, 15) is 13.2 Å². The number of amides is 1. The van der Waals surface area contributed by atoms with Gasteiger partial charge in [-0.3, -0.25) is 9.52 Å². The molecule has 2 aromatic rings. The van der Waals surface area contributed by atoms with E-state index in [1.165, 1.54) is 23.1 Å². The van der Waals surface area contributed by atoms with E-state index in [1.807, 2.05) is 13.8 Å². The second-order valence-corrected chi connectivity index (χ2v) is 8.15. The van der Waals surface area contributed by atoms with Crippen LogP contribution in [-0.2, 0) is 10.0 Å². The molecule has 0 aliphatic carbocycles. The van der Waals surface area contributed by atoms with Gasteiger partial charge in [0.05, 0.1) is 23.5 Å². The number of benzene rings is 2. The monoisotopic (exact) mass is 415 g/mol. The average molecular weight is 416 g/mol. The van der Waals surface area contributed by atoms with Crippen molar-refractivity contribution in [1.29, 1.82) is 5.26 Å². The molecule has 154 valence electrons. The molecule has 0 bridgehead atoms. The third-order valence-corrected chi connectivity index (χ3v) is 5.57. The largest absolute Gasteiger partial charge is 0.494 e. The quantitative estimate of drug-likeness (QED) is 0.676. The maximum Gasteiger partial charge on any atom is 0.261 e. The Bertz CT molecular complexity index is 982. The first-order valence-corrected chi connectivity index (χ1v) is 10.8. The zero-order valence-corrected chi connectivity index (χ0v) is 17.6. The molecule has 0 spiro atoms. The molecule has 2 rings (SSSR count). The summed E-state index contributed by atoms with van der Waals surface area (Å²) >= 11 is 0. The fourth-order valence-corrected chi connectivity index (χ4v) is 3.81. The summed E-state index contributed by atoms with van der Waals surface area (Å²) in [6.07, 6.45) is 0. The van der Waals surface area contributed by atoms with E-state index >= 15 is 0 Å². The lowest BCUT2D eigenvalue weighted by Gasteiger charge is -2.22. The minimum absolute atomic E-state index is 0.0124. The normalized spacial score (nSPS) is 11.9. The van der Waals surface area contributed by atoms with Gasteiger partial charge < -0.3 is 9.64 Å². The summed E-state index contributed by atoms with van der Waals surface area (Å²) in [5.41, 5.74) is 0.648. The molecule has 8 heteroatoms. The van der Waals surface area contributed by atoms with Crippen LogP contribution in [-0.4, -0.2) is 38.9 Å². The van der Waals surface area contributed by atoms with Gasteiger partial charge in [0.25, 0.3) is 15.9 Å². The molecule has 0 saturated heterocycles. The predicted molar refractivity (Wildman–Crippen MR) is 111 cm³/mol. The third kappa shape index (κ3) is 5.96. The average Bonchev–Trinajstić information content (AvgIpc) is 2.72. The molecule has 0 heterocycles. The number of carbonyl (C=O) groups excluding carboxylic acids is 1. The lowest BCUT2D eigenvalue weighted by atomic mass is 10.1. The smallest absolute Gasteiger partial charge is 0.261 e. The molecule has 0 saturated carbocycles. The van der Waals surface area contributed by atoms with Crippen LogP contribution in [0.1, 0.15) is 31.1 Å². The van der Waals surface area contributed by atoms with Crippen molar-refractivity contribution < 1.29 is 17.9 Å². The maximum absolute atomic E-state index is 12.8. The van der Waals surface area contributed by atoms with Gasteiger partial charge in [0.2, 0.25) is 0 Å². The van der Waals surface area contributed by atoms with E-state index < -0.39 is 10.0 Å². The minimum Gasteiger partial charge on any atom is -0.494 e. The van der Waals surface area contributed by atoms with E-state index in [1.54, 1.807) is 37.3 Å². The highest BCUT2D eigenvalue weighted by Crippen LogP contribution is 2.21. The number of nitrogens with one attached hydrogen (secondary N) is 1. The Morgan fingerprint density at radius 3 is 2.48 bits per heavy atom. The van der Waals surface area contributed by atoms with E-state index in [0.717, 1.165) is 0 Å². The SMILES string of the molecule is CCOc1ccc(NS(=O)(=O)c2cccc(C(=O)N(CC)CC(C)C#N)c2)cc1. The first-order valence-electron chi connectivity index (χ1n) is 9.35. The molecule has 0 aliphatic rings. The fraction of sp³-hybridized carbons (Fsp3) is 0.333. The van der Waals surface area contributed by atoms with Crippen molar-refractivity contribution in [2.45, 2.75) is 25.7 Å². The highest BCUT2D eigenvalue weighted by atomic mass is 32.2. The van der Waals surface area contributed by atoms with Gasteiger partial charge in [-0.25, -0.2) is 8.42 Å². The standard InChI is InChI=1S/C21H25N3O4S/c1-4-24(15-16(3)14-22)21(25)17-7-6-8-20(13-17)29(26,27)23-18-9-11-19(12-10-18)28-5-2/h6-13,16,23H,4-5,15H2,1-3H3. The third-order valence-electron chi connectivity index (χ3n) is 4.19. The maximum atomic E-state index is 12.8. The zero-order chi connectivity index (χ0) is 21.4. The first kappa shape index (κ1) is 22.2. The van der Waals surface area contributed by atoms with Crippen LogP contribution >= 0.6 is 0 Å². The summed E-state index contributed by atoms with van der Waals surface area (Å²) in [5, 5.41) is 8.99. The van der Waals surface area contributed by atoms with Crippen molar-refractivity contribution in [3.05, 3.63) is 54.1 Å². The molecule has 0 aliphatic heterocycles. The summed E-state index contributed by atoms with van der Waals surface area (Å²) in [4.78, 5) is 14.3.